The molecule has 2 rings (SSSR count). The monoisotopic (exact) mass is 422 g/mol. The zero-order valence-corrected chi connectivity index (χ0v) is 18.3. The molecule has 0 saturated carbocycles. The number of rotatable bonds is 8. The first-order chi connectivity index (χ1) is 13.9. The summed E-state index contributed by atoms with van der Waals surface area (Å²) in [5.41, 5.74) is 0.288. The second-order valence-corrected chi connectivity index (χ2v) is 8.02. The minimum atomic E-state index is -1.12. The van der Waals surface area contributed by atoms with Gasteiger partial charge in [-0.3, -0.25) is 14.9 Å². The van der Waals surface area contributed by atoms with Gasteiger partial charge in [-0.15, -0.1) is 0 Å². The number of carbonyl (C=O) groups excluding carboxylic acids is 3. The highest BCUT2D eigenvalue weighted by Gasteiger charge is 2.45. The summed E-state index contributed by atoms with van der Waals surface area (Å²) in [5, 5.41) is 3.22. The van der Waals surface area contributed by atoms with E-state index in [1.54, 1.807) is 44.7 Å². The molecule has 1 unspecified atom stereocenters. The highest BCUT2D eigenvalue weighted by atomic mass is 32.2. The van der Waals surface area contributed by atoms with E-state index in [0.717, 1.165) is 16.2 Å². The Hall–Kier alpha value is -2.06. The summed E-state index contributed by atoms with van der Waals surface area (Å²) in [6.45, 7) is 5.61. The van der Waals surface area contributed by atoms with Crippen molar-refractivity contribution in [3.8, 4) is 0 Å². The number of hydrogen-bond acceptors (Lipinski definition) is 7. The number of esters is 1. The van der Waals surface area contributed by atoms with Crippen molar-refractivity contribution < 1.29 is 23.9 Å². The summed E-state index contributed by atoms with van der Waals surface area (Å²) in [7, 11) is 0. The zero-order chi connectivity index (χ0) is 21.4. The maximum Gasteiger partial charge on any atom is 0.421 e. The van der Waals surface area contributed by atoms with Crippen molar-refractivity contribution in [3.05, 3.63) is 29.8 Å². The van der Waals surface area contributed by atoms with Gasteiger partial charge in [0.1, 0.15) is 6.04 Å². The number of carbonyl (C=O) groups is 3. The van der Waals surface area contributed by atoms with Gasteiger partial charge in [0.05, 0.1) is 24.4 Å². The van der Waals surface area contributed by atoms with Gasteiger partial charge in [0, 0.05) is 0 Å². The Morgan fingerprint density at radius 2 is 1.93 bits per heavy atom. The lowest BCUT2D eigenvalue weighted by Gasteiger charge is -2.34. The van der Waals surface area contributed by atoms with Gasteiger partial charge in [0.2, 0.25) is 0 Å². The van der Waals surface area contributed by atoms with E-state index in [1.165, 1.54) is 0 Å². The molecule has 160 valence electrons. The molecule has 0 bridgehead atoms. The van der Waals surface area contributed by atoms with Crippen LogP contribution >= 0.6 is 11.8 Å². The lowest BCUT2D eigenvalue weighted by atomic mass is 9.92. The molecule has 0 radical (unpaired) electrons. The molecule has 2 atom stereocenters. The second kappa shape index (κ2) is 10.6. The molecule has 0 spiro atoms. The summed E-state index contributed by atoms with van der Waals surface area (Å²) in [4.78, 5) is 39.8. The van der Waals surface area contributed by atoms with Crippen LogP contribution in [0.1, 0.15) is 39.2 Å². The number of imide groups is 1. The molecule has 1 aromatic carbocycles. The highest BCUT2D eigenvalue weighted by Crippen LogP contribution is 2.32. The summed E-state index contributed by atoms with van der Waals surface area (Å²) in [6, 6.07) is 6.67. The molecule has 1 N–H and O–H groups in total. The van der Waals surface area contributed by atoms with E-state index in [1.807, 2.05) is 18.4 Å². The van der Waals surface area contributed by atoms with Crippen molar-refractivity contribution in [2.75, 3.05) is 30.1 Å². The van der Waals surface area contributed by atoms with Gasteiger partial charge in [-0.05, 0) is 63.7 Å². The third-order valence-electron chi connectivity index (χ3n) is 4.93. The van der Waals surface area contributed by atoms with Crippen molar-refractivity contribution in [1.29, 1.82) is 0 Å². The van der Waals surface area contributed by atoms with Crippen LogP contribution in [0.2, 0.25) is 0 Å². The summed E-state index contributed by atoms with van der Waals surface area (Å²) >= 11 is 1.62. The molecule has 1 aliphatic rings. The van der Waals surface area contributed by atoms with Crippen LogP contribution in [0.3, 0.4) is 0 Å². The van der Waals surface area contributed by atoms with Gasteiger partial charge in [0.25, 0.3) is 5.91 Å². The van der Waals surface area contributed by atoms with Crippen molar-refractivity contribution in [2.45, 2.75) is 51.6 Å². The Labute approximate surface area is 176 Å². The first kappa shape index (κ1) is 23.2. The van der Waals surface area contributed by atoms with E-state index >= 15 is 0 Å². The lowest BCUT2D eigenvalue weighted by molar-refractivity contribution is -0.146. The number of nitrogens with one attached hydrogen (secondary N) is 1. The van der Waals surface area contributed by atoms with Crippen LogP contribution < -0.4 is 10.2 Å². The normalized spacial score (nSPS) is 19.9. The fraction of sp³-hybridized carbons (Fsp3) is 0.571. The molecule has 8 heteroatoms. The molecule has 0 fully saturated rings. The first-order valence-corrected chi connectivity index (χ1v) is 11.3. The van der Waals surface area contributed by atoms with Crippen LogP contribution in [0.25, 0.3) is 0 Å². The third-order valence-corrected chi connectivity index (χ3v) is 5.57. The number of benzene rings is 1. The molecule has 29 heavy (non-hydrogen) atoms. The van der Waals surface area contributed by atoms with Crippen LogP contribution in [-0.2, 0) is 25.5 Å². The van der Waals surface area contributed by atoms with Crippen LogP contribution in [0.4, 0.5) is 10.5 Å². The topological polar surface area (TPSA) is 84.9 Å². The molecular formula is C21H30N2O5S. The zero-order valence-electron chi connectivity index (χ0n) is 17.5. The number of amides is 2. The maximum absolute atomic E-state index is 13.5. The number of nitrogens with zero attached hydrogens (tertiary/aromatic N) is 1. The predicted octanol–water partition coefficient (Wildman–Crippen LogP) is 3.16. The van der Waals surface area contributed by atoms with Crippen LogP contribution in [0.15, 0.2) is 24.3 Å². The van der Waals surface area contributed by atoms with Gasteiger partial charge in [-0.1, -0.05) is 18.2 Å². The number of fused-ring (bicyclic) bond motifs is 1. The number of anilines is 1. The summed E-state index contributed by atoms with van der Waals surface area (Å²) in [5.74, 6) is -0.0814. The lowest BCUT2D eigenvalue weighted by Crippen LogP contribution is -2.61. The second-order valence-electron chi connectivity index (χ2n) is 7.03. The van der Waals surface area contributed by atoms with Crippen molar-refractivity contribution in [2.24, 2.45) is 0 Å². The van der Waals surface area contributed by atoms with Crippen LogP contribution in [0.5, 0.6) is 0 Å². The molecule has 0 aromatic heterocycles. The average molecular weight is 423 g/mol. The van der Waals surface area contributed by atoms with Gasteiger partial charge in [0.15, 0.2) is 0 Å². The van der Waals surface area contributed by atoms with Crippen LogP contribution in [0, 0.1) is 0 Å². The number of thioether (sulfide) groups is 1. The van der Waals surface area contributed by atoms with E-state index in [9.17, 15) is 14.4 Å². The summed E-state index contributed by atoms with van der Waals surface area (Å²) in [6.07, 6.45) is 2.79. The Morgan fingerprint density at radius 1 is 1.24 bits per heavy atom. The average Bonchev–Trinajstić information content (AvgIpc) is 2.81. The van der Waals surface area contributed by atoms with Gasteiger partial charge in [-0.25, -0.2) is 9.69 Å². The van der Waals surface area contributed by atoms with E-state index in [4.69, 9.17) is 9.47 Å². The largest absolute Gasteiger partial charge is 0.465 e. The Morgan fingerprint density at radius 3 is 2.59 bits per heavy atom. The molecule has 2 amide bonds. The standard InChI is InChI=1S/C21H30N2O5S/c1-5-27-18(24)16(12-14-29-4)22-21(3)13-11-15-9-7-8-10-17(15)23(19(21)25)20(26)28-6-2/h7-10,16,22H,5-6,11-14H2,1-4H3/t16-,21?/m0/s1. The van der Waals surface area contributed by atoms with E-state index in [0.29, 0.717) is 24.9 Å². The minimum Gasteiger partial charge on any atom is -0.465 e. The number of para-hydroxylation sites is 1. The third kappa shape index (κ3) is 5.51. The van der Waals surface area contributed by atoms with Gasteiger partial charge < -0.3 is 9.47 Å². The quantitative estimate of drug-likeness (QED) is 0.644. The molecular weight excluding hydrogens is 392 g/mol. The SMILES string of the molecule is CCOC(=O)[C@H](CCSC)NC1(C)CCc2ccccc2N(C(=O)OCC)C1=O. The van der Waals surface area contributed by atoms with Crippen molar-refractivity contribution >= 4 is 35.4 Å². The van der Waals surface area contributed by atoms with Crippen LogP contribution in [-0.4, -0.2) is 54.8 Å². The Kier molecular flexibility index (Phi) is 8.52. The fourth-order valence-electron chi connectivity index (χ4n) is 3.40. The van der Waals surface area contributed by atoms with E-state index < -0.39 is 23.6 Å². The smallest absolute Gasteiger partial charge is 0.421 e. The molecule has 1 aliphatic heterocycles. The first-order valence-electron chi connectivity index (χ1n) is 9.90. The molecule has 7 nitrogen and oxygen atoms in total. The van der Waals surface area contributed by atoms with Gasteiger partial charge in [-0.2, -0.15) is 11.8 Å². The van der Waals surface area contributed by atoms with Crippen molar-refractivity contribution in [1.82, 2.24) is 5.32 Å². The minimum absolute atomic E-state index is 0.161. The Bertz CT molecular complexity index is 742. The molecule has 1 heterocycles. The Balaban J connectivity index is 2.39. The van der Waals surface area contributed by atoms with E-state index in [-0.39, 0.29) is 19.2 Å². The fourth-order valence-corrected chi connectivity index (χ4v) is 3.87. The molecule has 1 aromatic rings. The number of hydrogen-bond donors (Lipinski definition) is 1. The van der Waals surface area contributed by atoms with E-state index in [2.05, 4.69) is 5.32 Å². The number of aryl methyl sites for hydroxylation is 1. The molecule has 0 aliphatic carbocycles. The molecule has 0 saturated heterocycles. The van der Waals surface area contributed by atoms with Crippen molar-refractivity contribution in [3.63, 3.8) is 0 Å². The summed E-state index contributed by atoms with van der Waals surface area (Å²) < 4.78 is 10.4. The predicted molar refractivity (Wildman–Crippen MR) is 114 cm³/mol. The number of ether oxygens (including phenoxy) is 2. The maximum atomic E-state index is 13.5. The highest BCUT2D eigenvalue weighted by molar-refractivity contribution is 7.98. The van der Waals surface area contributed by atoms with Gasteiger partial charge >= 0.3 is 12.1 Å².